The maximum Gasteiger partial charge on any atom is 0.0175 e. The normalized spacial score (nSPS) is 11.8. The summed E-state index contributed by atoms with van der Waals surface area (Å²) < 4.78 is 0. The molecule has 0 saturated carbocycles. The minimum atomic E-state index is -0.852. The molecule has 2 heterocycles. The lowest BCUT2D eigenvalue weighted by molar-refractivity contribution is 1.64. The Morgan fingerprint density at radius 1 is 0.239 bits per heavy atom. The van der Waals surface area contributed by atoms with Crippen molar-refractivity contribution in [3.8, 4) is 65.7 Å². The predicted molar refractivity (Wildman–Crippen MR) is 202 cm³/mol. The highest BCUT2D eigenvalue weighted by Gasteiger charge is 2.28. The lowest BCUT2D eigenvalue weighted by Gasteiger charge is -2.18. The van der Waals surface area contributed by atoms with Crippen molar-refractivity contribution in [2.24, 2.45) is 0 Å². The zero-order valence-corrected chi connectivity index (χ0v) is 27.2. The van der Waals surface area contributed by atoms with Gasteiger partial charge in [0, 0.05) is 21.2 Å². The summed E-state index contributed by atoms with van der Waals surface area (Å²) in [5, 5.41) is 5.83. The lowest BCUT2D eigenvalue weighted by atomic mass is 10.0. The van der Waals surface area contributed by atoms with Crippen molar-refractivity contribution < 1.29 is 0 Å². The average molecular weight is 623 g/mol. The number of hydrogen-bond donors (Lipinski definition) is 0. The molecular formula is C44H32P2. The number of hydrogen-bond acceptors (Lipinski definition) is 0. The molecule has 2 aromatic heterocycles. The third-order valence-electron chi connectivity index (χ3n) is 8.56. The van der Waals surface area contributed by atoms with Gasteiger partial charge in [-0.05, 0) is 56.6 Å². The van der Waals surface area contributed by atoms with Crippen LogP contribution in [-0.2, 0) is 0 Å². The molecule has 8 aromatic rings. The SMILES string of the molecule is c1ccc(-c2cc(-c3ccccc3)p(-p3c(-c4ccccc4)cc(-c4ccccc4)c3-c3ccccc3)c2-c2ccccc2)cc1. The highest BCUT2D eigenvalue weighted by Crippen LogP contribution is 2.77. The van der Waals surface area contributed by atoms with Crippen molar-refractivity contribution in [3.05, 3.63) is 194 Å². The molecule has 0 aliphatic carbocycles. The van der Waals surface area contributed by atoms with E-state index in [0.717, 1.165) is 0 Å². The summed E-state index contributed by atoms with van der Waals surface area (Å²) in [6.07, 6.45) is 0. The zero-order valence-electron chi connectivity index (χ0n) is 25.4. The molecule has 218 valence electrons. The second-order valence-electron chi connectivity index (χ2n) is 11.4. The Morgan fingerprint density at radius 2 is 0.478 bits per heavy atom. The Kier molecular flexibility index (Phi) is 7.83. The summed E-state index contributed by atoms with van der Waals surface area (Å²) in [6, 6.07) is 71.6. The Labute approximate surface area is 273 Å². The average Bonchev–Trinajstić information content (AvgIpc) is 3.74. The zero-order chi connectivity index (χ0) is 30.7. The molecule has 46 heavy (non-hydrogen) atoms. The summed E-state index contributed by atoms with van der Waals surface area (Å²) in [6.45, 7) is 0. The van der Waals surface area contributed by atoms with E-state index in [4.69, 9.17) is 0 Å². The van der Waals surface area contributed by atoms with Gasteiger partial charge in [-0.15, -0.1) is 0 Å². The van der Waals surface area contributed by atoms with Gasteiger partial charge in [0.15, 0.2) is 0 Å². The fourth-order valence-electron chi connectivity index (χ4n) is 6.47. The van der Waals surface area contributed by atoms with Crippen LogP contribution in [0.1, 0.15) is 0 Å². The van der Waals surface area contributed by atoms with E-state index in [1.807, 2.05) is 0 Å². The molecule has 0 N–H and O–H groups in total. The van der Waals surface area contributed by atoms with Crippen LogP contribution >= 0.6 is 14.4 Å². The fourth-order valence-corrected chi connectivity index (χ4v) is 15.6. The quantitative estimate of drug-likeness (QED) is 0.166. The van der Waals surface area contributed by atoms with E-state index in [-0.39, 0.29) is 0 Å². The van der Waals surface area contributed by atoms with Crippen LogP contribution in [0, 0.1) is 0 Å². The number of rotatable bonds is 7. The Hall–Kier alpha value is -5.12. The standard InChI is InChI=1S/C44H32P2/c1-7-19-33(20-8-1)39-31-41(35-23-11-3-12-24-35)45(43(39)37-27-15-5-16-28-37)46-42(36-25-13-4-14-26-36)32-40(34-21-9-2-10-22-34)44(46)38-29-17-6-18-30-38/h1-32H. The van der Waals surface area contributed by atoms with Gasteiger partial charge in [0.25, 0.3) is 0 Å². The summed E-state index contributed by atoms with van der Waals surface area (Å²) in [5.74, 6) is 0. The van der Waals surface area contributed by atoms with Crippen LogP contribution in [0.3, 0.4) is 0 Å². The summed E-state index contributed by atoms with van der Waals surface area (Å²) >= 11 is 0. The highest BCUT2D eigenvalue weighted by molar-refractivity contribution is 8.26. The molecule has 8 rings (SSSR count). The van der Waals surface area contributed by atoms with E-state index in [0.29, 0.717) is 0 Å². The first-order valence-corrected chi connectivity index (χ1v) is 19.1. The van der Waals surface area contributed by atoms with Gasteiger partial charge in [0.05, 0.1) is 0 Å². The molecule has 0 spiro atoms. The van der Waals surface area contributed by atoms with E-state index in [1.165, 1.54) is 65.7 Å². The molecule has 0 saturated heterocycles. The van der Waals surface area contributed by atoms with E-state index in [2.05, 4.69) is 194 Å². The summed E-state index contributed by atoms with van der Waals surface area (Å²) in [7, 11) is -1.70. The van der Waals surface area contributed by atoms with Gasteiger partial charge < -0.3 is 0 Å². The van der Waals surface area contributed by atoms with Gasteiger partial charge in [0.1, 0.15) is 0 Å². The van der Waals surface area contributed by atoms with Crippen molar-refractivity contribution in [3.63, 3.8) is 0 Å². The van der Waals surface area contributed by atoms with Gasteiger partial charge in [0.2, 0.25) is 0 Å². The van der Waals surface area contributed by atoms with Gasteiger partial charge in [-0.1, -0.05) is 196 Å². The minimum Gasteiger partial charge on any atom is -0.0622 e. The topological polar surface area (TPSA) is 0 Å². The van der Waals surface area contributed by atoms with Gasteiger partial charge in [-0.2, -0.15) is 0 Å². The molecule has 0 nitrogen and oxygen atoms in total. The maximum absolute atomic E-state index is 2.52. The van der Waals surface area contributed by atoms with Crippen LogP contribution in [0.5, 0.6) is 0 Å². The number of benzene rings is 6. The van der Waals surface area contributed by atoms with Gasteiger partial charge >= 0.3 is 0 Å². The van der Waals surface area contributed by atoms with E-state index >= 15 is 0 Å². The fraction of sp³-hybridized carbons (Fsp3) is 0. The van der Waals surface area contributed by atoms with Crippen LogP contribution < -0.4 is 0 Å². The summed E-state index contributed by atoms with van der Waals surface area (Å²) in [4.78, 5) is 0. The van der Waals surface area contributed by atoms with Crippen LogP contribution in [0.15, 0.2) is 194 Å². The van der Waals surface area contributed by atoms with Gasteiger partial charge in [-0.3, -0.25) is 0 Å². The van der Waals surface area contributed by atoms with Crippen LogP contribution in [-0.4, -0.2) is 0 Å². The molecule has 0 radical (unpaired) electrons. The lowest BCUT2D eigenvalue weighted by Crippen LogP contribution is -1.80. The minimum absolute atomic E-state index is 0.852. The first kappa shape index (κ1) is 28.4. The molecule has 0 amide bonds. The molecule has 2 heteroatoms. The van der Waals surface area contributed by atoms with Crippen LogP contribution in [0.4, 0.5) is 0 Å². The second kappa shape index (κ2) is 12.7. The third-order valence-corrected chi connectivity index (χ3v) is 16.2. The molecule has 0 fully saturated rings. The Balaban J connectivity index is 1.59. The van der Waals surface area contributed by atoms with E-state index in [1.54, 1.807) is 0 Å². The first-order valence-electron chi connectivity index (χ1n) is 15.7. The molecular weight excluding hydrogens is 590 g/mol. The Morgan fingerprint density at radius 3 is 0.761 bits per heavy atom. The van der Waals surface area contributed by atoms with Gasteiger partial charge in [-0.25, -0.2) is 0 Å². The molecule has 2 unspecified atom stereocenters. The smallest absolute Gasteiger partial charge is 0.0175 e. The monoisotopic (exact) mass is 622 g/mol. The molecule has 2 atom stereocenters. The molecule has 6 aromatic carbocycles. The van der Waals surface area contributed by atoms with E-state index < -0.39 is 14.4 Å². The van der Waals surface area contributed by atoms with Crippen molar-refractivity contribution >= 4 is 14.4 Å². The van der Waals surface area contributed by atoms with Crippen molar-refractivity contribution in [1.82, 2.24) is 0 Å². The molecule has 0 aliphatic rings. The van der Waals surface area contributed by atoms with E-state index in [9.17, 15) is 0 Å². The summed E-state index contributed by atoms with van der Waals surface area (Å²) in [5.41, 5.74) is 10.5. The van der Waals surface area contributed by atoms with Crippen molar-refractivity contribution in [2.45, 2.75) is 0 Å². The predicted octanol–water partition coefficient (Wildman–Crippen LogP) is 14.0. The second-order valence-corrected chi connectivity index (χ2v) is 16.9. The van der Waals surface area contributed by atoms with Crippen LogP contribution in [0.2, 0.25) is 0 Å². The molecule has 0 bridgehead atoms. The third kappa shape index (κ3) is 5.27. The van der Waals surface area contributed by atoms with Crippen molar-refractivity contribution in [1.29, 1.82) is 0 Å². The Bertz CT molecular complexity index is 2030. The molecule has 0 aliphatic heterocycles. The first-order chi connectivity index (χ1) is 22.9. The van der Waals surface area contributed by atoms with Crippen molar-refractivity contribution in [2.75, 3.05) is 0 Å². The maximum atomic E-state index is 2.52. The highest BCUT2D eigenvalue weighted by atomic mass is 32.0. The largest absolute Gasteiger partial charge is 0.0622 e. The van der Waals surface area contributed by atoms with Crippen LogP contribution in [0.25, 0.3) is 65.7 Å².